The van der Waals surface area contributed by atoms with Crippen LogP contribution in [0.4, 0.5) is 5.69 Å². The Bertz CT molecular complexity index is 1490. The molecule has 0 aliphatic rings. The minimum absolute atomic E-state index is 0.0486. The Morgan fingerprint density at radius 2 is 1.64 bits per heavy atom. The number of nitrogens with zero attached hydrogens (tertiary/aromatic N) is 3. The summed E-state index contributed by atoms with van der Waals surface area (Å²) in [5.74, 6) is 0.159. The van der Waals surface area contributed by atoms with Crippen LogP contribution in [0, 0.1) is 6.92 Å². The molecule has 1 aromatic heterocycles. The Kier molecular flexibility index (Phi) is 5.58. The van der Waals surface area contributed by atoms with Gasteiger partial charge in [-0.15, -0.1) is 5.10 Å². The lowest BCUT2D eigenvalue weighted by Crippen LogP contribution is -2.14. The minimum Gasteiger partial charge on any atom is -0.319 e. The van der Waals surface area contributed by atoms with Gasteiger partial charge in [-0.25, -0.2) is 9.67 Å². The molecule has 162 valence electrons. The number of hydrogen-bond donors (Lipinski definition) is 1. The Balaban J connectivity index is 1.56. The number of nitrogens with one attached hydrogen (secondary N) is 1. The van der Waals surface area contributed by atoms with Gasteiger partial charge in [0.2, 0.25) is 5.82 Å². The highest BCUT2D eigenvalue weighted by molar-refractivity contribution is 6.31. The molecule has 0 aliphatic carbocycles. The van der Waals surface area contributed by atoms with Crippen molar-refractivity contribution in [2.45, 2.75) is 6.92 Å². The van der Waals surface area contributed by atoms with Gasteiger partial charge in [0.1, 0.15) is 0 Å². The van der Waals surface area contributed by atoms with Crippen LogP contribution in [-0.4, -0.2) is 20.7 Å². The minimum atomic E-state index is -0.404. The number of rotatable bonds is 4. The maximum atomic E-state index is 13.1. The molecule has 0 saturated carbocycles. The molecule has 1 heterocycles. The Hall–Kier alpha value is -3.67. The van der Waals surface area contributed by atoms with E-state index in [9.17, 15) is 4.79 Å². The molecule has 5 nitrogen and oxygen atoms in total. The summed E-state index contributed by atoms with van der Waals surface area (Å²) in [6.45, 7) is 1.90. The molecule has 0 atom stereocenters. The molecule has 0 radical (unpaired) electrons. The fourth-order valence-electron chi connectivity index (χ4n) is 3.64. The van der Waals surface area contributed by atoms with Crippen LogP contribution < -0.4 is 5.32 Å². The quantitative estimate of drug-likeness (QED) is 0.307. The molecular weight excluding hydrogens is 455 g/mol. The van der Waals surface area contributed by atoms with E-state index in [1.165, 1.54) is 0 Å². The average molecular weight is 473 g/mol. The molecule has 0 unspecified atom stereocenters. The van der Waals surface area contributed by atoms with Crippen LogP contribution in [-0.2, 0) is 0 Å². The number of aromatic nitrogens is 3. The predicted molar refractivity (Wildman–Crippen MR) is 133 cm³/mol. The van der Waals surface area contributed by atoms with Gasteiger partial charge in [0.25, 0.3) is 5.91 Å². The van der Waals surface area contributed by atoms with E-state index < -0.39 is 5.91 Å². The first-order valence-corrected chi connectivity index (χ1v) is 11.0. The number of benzene rings is 4. The third-order valence-electron chi connectivity index (χ3n) is 5.39. The molecule has 0 fully saturated rings. The number of amides is 1. The highest BCUT2D eigenvalue weighted by atomic mass is 35.5. The van der Waals surface area contributed by atoms with E-state index in [2.05, 4.69) is 15.4 Å². The topological polar surface area (TPSA) is 59.8 Å². The number of anilines is 1. The van der Waals surface area contributed by atoms with Gasteiger partial charge in [0.15, 0.2) is 5.82 Å². The van der Waals surface area contributed by atoms with Crippen molar-refractivity contribution in [1.82, 2.24) is 14.8 Å². The van der Waals surface area contributed by atoms with Crippen LogP contribution in [0.1, 0.15) is 16.2 Å². The number of carbonyl (C=O) groups excluding carboxylic acids is 1. The van der Waals surface area contributed by atoms with E-state index in [0.29, 0.717) is 21.6 Å². The van der Waals surface area contributed by atoms with Crippen LogP contribution in [0.25, 0.3) is 27.8 Å². The van der Waals surface area contributed by atoms with E-state index in [-0.39, 0.29) is 5.82 Å². The van der Waals surface area contributed by atoms with Crippen LogP contribution in [0.15, 0.2) is 84.9 Å². The van der Waals surface area contributed by atoms with Crippen molar-refractivity contribution < 1.29 is 4.79 Å². The summed E-state index contributed by atoms with van der Waals surface area (Å²) in [5, 5.41) is 10.8. The SMILES string of the molecule is Cc1c(Cl)cccc1-n1nc(C(=O)Nc2ccc3ccccc3c2)nc1-c1ccc(Cl)cc1. The van der Waals surface area contributed by atoms with Gasteiger partial charge in [-0.1, -0.05) is 59.6 Å². The molecule has 0 bridgehead atoms. The van der Waals surface area contributed by atoms with Crippen molar-refractivity contribution in [1.29, 1.82) is 0 Å². The lowest BCUT2D eigenvalue weighted by molar-refractivity contribution is 0.101. The number of fused-ring (bicyclic) bond motifs is 1. The molecule has 33 heavy (non-hydrogen) atoms. The van der Waals surface area contributed by atoms with E-state index >= 15 is 0 Å². The smallest absolute Gasteiger partial charge is 0.295 e. The zero-order chi connectivity index (χ0) is 22.9. The predicted octanol–water partition coefficient (Wildman–Crippen LogP) is 6.96. The summed E-state index contributed by atoms with van der Waals surface area (Å²) in [6.07, 6.45) is 0. The van der Waals surface area contributed by atoms with Crippen LogP contribution in [0.5, 0.6) is 0 Å². The zero-order valence-corrected chi connectivity index (χ0v) is 19.1. The van der Waals surface area contributed by atoms with Gasteiger partial charge in [0, 0.05) is 21.3 Å². The van der Waals surface area contributed by atoms with Gasteiger partial charge >= 0.3 is 0 Å². The number of hydrogen-bond acceptors (Lipinski definition) is 3. The van der Waals surface area contributed by atoms with Gasteiger partial charge in [-0.2, -0.15) is 0 Å². The molecule has 5 rings (SSSR count). The average Bonchev–Trinajstić information content (AvgIpc) is 3.27. The largest absolute Gasteiger partial charge is 0.319 e. The summed E-state index contributed by atoms with van der Waals surface area (Å²) >= 11 is 12.4. The highest BCUT2D eigenvalue weighted by Gasteiger charge is 2.20. The molecule has 5 aromatic rings. The van der Waals surface area contributed by atoms with Crippen molar-refractivity contribution in [2.75, 3.05) is 5.32 Å². The first-order chi connectivity index (χ1) is 16.0. The maximum Gasteiger partial charge on any atom is 0.295 e. The fourth-order valence-corrected chi connectivity index (χ4v) is 3.94. The first-order valence-electron chi connectivity index (χ1n) is 10.3. The third-order valence-corrected chi connectivity index (χ3v) is 6.05. The van der Waals surface area contributed by atoms with Crippen LogP contribution in [0.2, 0.25) is 10.0 Å². The van der Waals surface area contributed by atoms with Crippen molar-refractivity contribution in [3.05, 3.63) is 106 Å². The molecule has 0 aliphatic heterocycles. The Morgan fingerprint density at radius 3 is 2.42 bits per heavy atom. The van der Waals surface area contributed by atoms with E-state index in [4.69, 9.17) is 23.2 Å². The Labute approximate surface area is 200 Å². The number of carbonyl (C=O) groups is 1. The standard InChI is InChI=1S/C26H18Cl2N4O/c1-16-22(28)7-4-8-23(16)32-25(18-9-12-20(27)13-10-18)30-24(31-32)26(33)29-21-14-11-17-5-2-3-6-19(17)15-21/h2-15H,1H3,(H,29,33). The molecular formula is C26H18Cl2N4O. The van der Waals surface area contributed by atoms with Crippen molar-refractivity contribution >= 4 is 45.6 Å². The lowest BCUT2D eigenvalue weighted by Gasteiger charge is -2.10. The monoisotopic (exact) mass is 472 g/mol. The maximum absolute atomic E-state index is 13.1. The van der Waals surface area contributed by atoms with Crippen molar-refractivity contribution in [3.8, 4) is 17.1 Å². The summed E-state index contributed by atoms with van der Waals surface area (Å²) in [6, 6.07) is 26.5. The summed E-state index contributed by atoms with van der Waals surface area (Å²) in [7, 11) is 0. The van der Waals surface area contributed by atoms with Crippen LogP contribution in [0.3, 0.4) is 0 Å². The summed E-state index contributed by atoms with van der Waals surface area (Å²) in [4.78, 5) is 17.7. The first kappa shape index (κ1) is 21.2. The molecule has 1 amide bonds. The van der Waals surface area contributed by atoms with Crippen LogP contribution >= 0.6 is 23.2 Å². The van der Waals surface area contributed by atoms with Crippen molar-refractivity contribution in [2.24, 2.45) is 0 Å². The fraction of sp³-hybridized carbons (Fsp3) is 0.0385. The van der Waals surface area contributed by atoms with Gasteiger partial charge in [-0.3, -0.25) is 4.79 Å². The zero-order valence-electron chi connectivity index (χ0n) is 17.6. The van der Waals surface area contributed by atoms with E-state index in [1.54, 1.807) is 16.8 Å². The second kappa shape index (κ2) is 8.70. The molecule has 4 aromatic carbocycles. The Morgan fingerprint density at radius 1 is 0.879 bits per heavy atom. The van der Waals surface area contributed by atoms with E-state index in [1.807, 2.05) is 79.7 Å². The second-order valence-corrected chi connectivity index (χ2v) is 8.42. The lowest BCUT2D eigenvalue weighted by atomic mass is 10.1. The van der Waals surface area contributed by atoms with Crippen molar-refractivity contribution in [3.63, 3.8) is 0 Å². The second-order valence-electron chi connectivity index (χ2n) is 7.58. The summed E-state index contributed by atoms with van der Waals surface area (Å²) < 4.78 is 1.64. The highest BCUT2D eigenvalue weighted by Crippen LogP contribution is 2.28. The normalized spacial score (nSPS) is 11.0. The van der Waals surface area contributed by atoms with E-state index in [0.717, 1.165) is 27.6 Å². The molecule has 1 N–H and O–H groups in total. The van der Waals surface area contributed by atoms with Gasteiger partial charge in [0.05, 0.1) is 5.69 Å². The third kappa shape index (κ3) is 4.21. The molecule has 0 spiro atoms. The molecule has 7 heteroatoms. The molecule has 0 saturated heterocycles. The number of halogens is 2. The van der Waals surface area contributed by atoms with Gasteiger partial charge < -0.3 is 5.32 Å². The van der Waals surface area contributed by atoms with Gasteiger partial charge in [-0.05, 0) is 71.8 Å². The summed E-state index contributed by atoms with van der Waals surface area (Å²) in [5.41, 5.74) is 3.02.